The van der Waals surface area contributed by atoms with Crippen LogP contribution in [0.15, 0.2) is 28.7 Å². The summed E-state index contributed by atoms with van der Waals surface area (Å²) in [5, 5.41) is 2.87. The van der Waals surface area contributed by atoms with E-state index < -0.39 is 0 Å². The molecule has 100 valence electrons. The number of nitrogens with one attached hydrogen (secondary N) is 1. The molecule has 4 heteroatoms. The van der Waals surface area contributed by atoms with Crippen LogP contribution in [0.3, 0.4) is 0 Å². The monoisotopic (exact) mass is 258 g/mol. The summed E-state index contributed by atoms with van der Waals surface area (Å²) < 4.78 is 5.43. The van der Waals surface area contributed by atoms with Gasteiger partial charge < -0.3 is 15.5 Å². The fourth-order valence-electron chi connectivity index (χ4n) is 2.06. The van der Waals surface area contributed by atoms with Gasteiger partial charge in [-0.2, -0.15) is 0 Å². The van der Waals surface area contributed by atoms with Crippen molar-refractivity contribution in [3.8, 4) is 0 Å². The van der Waals surface area contributed by atoms with Gasteiger partial charge in [0.2, 0.25) is 0 Å². The fraction of sp³-hybridized carbons (Fsp3) is 0.267. The van der Waals surface area contributed by atoms with E-state index in [2.05, 4.69) is 5.32 Å². The van der Waals surface area contributed by atoms with Gasteiger partial charge >= 0.3 is 0 Å². The number of carbonyl (C=O) groups is 1. The molecule has 1 aromatic carbocycles. The number of carbonyl (C=O) groups excluding carboxylic acids is 1. The first kappa shape index (κ1) is 13.2. The molecular weight excluding hydrogens is 240 g/mol. The normalized spacial score (nSPS) is 10.5. The Morgan fingerprint density at radius 1 is 1.26 bits per heavy atom. The smallest absolute Gasteiger partial charge is 0.291 e. The van der Waals surface area contributed by atoms with Crippen LogP contribution in [0.5, 0.6) is 0 Å². The van der Waals surface area contributed by atoms with E-state index >= 15 is 0 Å². The highest BCUT2D eigenvalue weighted by Gasteiger charge is 2.13. The number of hydrogen-bond donors (Lipinski definition) is 2. The van der Waals surface area contributed by atoms with E-state index in [-0.39, 0.29) is 5.91 Å². The van der Waals surface area contributed by atoms with Crippen molar-refractivity contribution in [2.75, 3.05) is 11.1 Å². The molecule has 0 radical (unpaired) electrons. The van der Waals surface area contributed by atoms with Crippen LogP contribution in [0.25, 0.3) is 0 Å². The molecule has 1 aromatic heterocycles. The summed E-state index contributed by atoms with van der Waals surface area (Å²) in [6.45, 7) is 5.81. The highest BCUT2D eigenvalue weighted by atomic mass is 16.3. The van der Waals surface area contributed by atoms with Gasteiger partial charge in [0.25, 0.3) is 5.91 Å². The number of benzene rings is 1. The number of anilines is 2. The molecule has 0 aliphatic heterocycles. The summed E-state index contributed by atoms with van der Waals surface area (Å²) in [6.07, 6.45) is 0.771. The number of furan rings is 1. The molecule has 0 saturated carbocycles. The lowest BCUT2D eigenvalue weighted by molar-refractivity contribution is 0.0995. The molecule has 19 heavy (non-hydrogen) atoms. The SMILES string of the molecule is CCc1ccc(C(=O)Nc2c(C)cc(N)cc2C)o1. The van der Waals surface area contributed by atoms with Crippen LogP contribution >= 0.6 is 0 Å². The maximum atomic E-state index is 12.1. The average Bonchev–Trinajstić information content (AvgIpc) is 2.82. The van der Waals surface area contributed by atoms with Gasteiger partial charge in [0.15, 0.2) is 5.76 Å². The van der Waals surface area contributed by atoms with Gasteiger partial charge in [-0.05, 0) is 49.2 Å². The first-order valence-electron chi connectivity index (χ1n) is 6.28. The van der Waals surface area contributed by atoms with Crippen LogP contribution < -0.4 is 11.1 Å². The predicted octanol–water partition coefficient (Wildman–Crippen LogP) is 3.29. The molecule has 0 atom stereocenters. The zero-order valence-electron chi connectivity index (χ0n) is 11.4. The Balaban J connectivity index is 2.24. The lowest BCUT2D eigenvalue weighted by Crippen LogP contribution is -2.13. The van der Waals surface area contributed by atoms with Crippen LogP contribution in [-0.4, -0.2) is 5.91 Å². The molecule has 2 aromatic rings. The van der Waals surface area contributed by atoms with E-state index in [1.54, 1.807) is 6.07 Å². The van der Waals surface area contributed by atoms with E-state index in [4.69, 9.17) is 10.2 Å². The number of aryl methyl sites for hydroxylation is 3. The molecule has 0 aliphatic rings. The minimum Gasteiger partial charge on any atom is -0.456 e. The first-order valence-corrected chi connectivity index (χ1v) is 6.28. The summed E-state index contributed by atoms with van der Waals surface area (Å²) in [7, 11) is 0. The lowest BCUT2D eigenvalue weighted by atomic mass is 10.1. The number of rotatable bonds is 3. The molecule has 4 nitrogen and oxygen atoms in total. The first-order chi connectivity index (χ1) is 9.01. The summed E-state index contributed by atoms with van der Waals surface area (Å²) in [6, 6.07) is 7.18. The van der Waals surface area contributed by atoms with E-state index in [9.17, 15) is 4.79 Å². The second-order valence-corrected chi connectivity index (χ2v) is 4.60. The van der Waals surface area contributed by atoms with Gasteiger partial charge in [-0.3, -0.25) is 4.79 Å². The number of hydrogen-bond acceptors (Lipinski definition) is 3. The van der Waals surface area contributed by atoms with Crippen LogP contribution in [-0.2, 0) is 6.42 Å². The van der Waals surface area contributed by atoms with Gasteiger partial charge in [0.1, 0.15) is 5.76 Å². The summed E-state index contributed by atoms with van der Waals surface area (Å²) in [5.41, 5.74) is 9.12. The lowest BCUT2D eigenvalue weighted by Gasteiger charge is -2.11. The Morgan fingerprint density at radius 2 is 1.89 bits per heavy atom. The van der Waals surface area contributed by atoms with E-state index in [0.29, 0.717) is 11.4 Å². The average molecular weight is 258 g/mol. The van der Waals surface area contributed by atoms with Gasteiger partial charge in [-0.1, -0.05) is 6.92 Å². The van der Waals surface area contributed by atoms with Crippen molar-refractivity contribution in [1.29, 1.82) is 0 Å². The Bertz CT molecular complexity index is 591. The van der Waals surface area contributed by atoms with Crippen molar-refractivity contribution in [2.24, 2.45) is 0 Å². The van der Waals surface area contributed by atoms with Crippen molar-refractivity contribution in [2.45, 2.75) is 27.2 Å². The number of amides is 1. The Kier molecular flexibility index (Phi) is 3.60. The molecule has 0 spiro atoms. The Hall–Kier alpha value is -2.23. The van der Waals surface area contributed by atoms with Crippen LogP contribution in [0.4, 0.5) is 11.4 Å². The quantitative estimate of drug-likeness (QED) is 0.830. The summed E-state index contributed by atoms with van der Waals surface area (Å²) in [5.74, 6) is 0.888. The van der Waals surface area contributed by atoms with E-state index in [1.807, 2.05) is 39.0 Å². The molecule has 3 N–H and O–H groups in total. The minimum atomic E-state index is -0.240. The molecule has 0 unspecified atom stereocenters. The van der Waals surface area contributed by atoms with Crippen molar-refractivity contribution < 1.29 is 9.21 Å². The Labute approximate surface area is 112 Å². The van der Waals surface area contributed by atoms with Crippen molar-refractivity contribution in [1.82, 2.24) is 0 Å². The zero-order chi connectivity index (χ0) is 14.0. The van der Waals surface area contributed by atoms with Gasteiger partial charge in [-0.25, -0.2) is 0 Å². The molecule has 0 aliphatic carbocycles. The zero-order valence-corrected chi connectivity index (χ0v) is 11.4. The van der Waals surface area contributed by atoms with Gasteiger partial charge in [0.05, 0.1) is 0 Å². The van der Waals surface area contributed by atoms with Crippen molar-refractivity contribution >= 4 is 17.3 Å². The highest BCUT2D eigenvalue weighted by molar-refractivity contribution is 6.03. The third-order valence-electron chi connectivity index (χ3n) is 3.03. The standard InChI is InChI=1S/C15H18N2O2/c1-4-12-5-6-13(19-12)15(18)17-14-9(2)7-11(16)8-10(14)3/h5-8H,4,16H2,1-3H3,(H,17,18). The number of nitrogens with two attached hydrogens (primary N) is 1. The second kappa shape index (κ2) is 5.18. The molecule has 1 heterocycles. The van der Waals surface area contributed by atoms with Crippen molar-refractivity contribution in [3.05, 3.63) is 46.9 Å². The molecule has 2 rings (SSSR count). The maximum Gasteiger partial charge on any atom is 0.291 e. The highest BCUT2D eigenvalue weighted by Crippen LogP contribution is 2.24. The second-order valence-electron chi connectivity index (χ2n) is 4.60. The summed E-state index contributed by atoms with van der Waals surface area (Å²) in [4.78, 5) is 12.1. The third-order valence-corrected chi connectivity index (χ3v) is 3.03. The summed E-state index contributed by atoms with van der Waals surface area (Å²) >= 11 is 0. The van der Waals surface area contributed by atoms with Crippen molar-refractivity contribution in [3.63, 3.8) is 0 Å². The minimum absolute atomic E-state index is 0.240. The van der Waals surface area contributed by atoms with Gasteiger partial charge in [-0.15, -0.1) is 0 Å². The van der Waals surface area contributed by atoms with Gasteiger partial charge in [0, 0.05) is 17.8 Å². The van der Waals surface area contributed by atoms with Crippen LogP contribution in [0.2, 0.25) is 0 Å². The molecule has 0 saturated heterocycles. The maximum absolute atomic E-state index is 12.1. The largest absolute Gasteiger partial charge is 0.456 e. The molecule has 0 bridgehead atoms. The van der Waals surface area contributed by atoms with E-state index in [1.165, 1.54) is 0 Å². The number of nitrogen functional groups attached to an aromatic ring is 1. The van der Waals surface area contributed by atoms with Crippen LogP contribution in [0.1, 0.15) is 34.4 Å². The predicted molar refractivity (Wildman–Crippen MR) is 76.4 cm³/mol. The molecule has 0 fully saturated rings. The molecule has 1 amide bonds. The fourth-order valence-corrected chi connectivity index (χ4v) is 2.06. The molecular formula is C15H18N2O2. The van der Waals surface area contributed by atoms with Crippen LogP contribution in [0, 0.1) is 13.8 Å². The Morgan fingerprint density at radius 3 is 2.42 bits per heavy atom. The topological polar surface area (TPSA) is 68.3 Å². The van der Waals surface area contributed by atoms with E-state index in [0.717, 1.165) is 29.0 Å². The third kappa shape index (κ3) is 2.78.